The van der Waals surface area contributed by atoms with Gasteiger partial charge in [0.15, 0.2) is 0 Å². The number of aromatic amines is 1. The molecule has 0 saturated carbocycles. The second kappa shape index (κ2) is 5.57. The van der Waals surface area contributed by atoms with Gasteiger partial charge in [0.05, 0.1) is 22.9 Å². The maximum absolute atomic E-state index is 12.4. The van der Waals surface area contributed by atoms with Crippen LogP contribution in [0.5, 0.6) is 0 Å². The van der Waals surface area contributed by atoms with Gasteiger partial charge in [0.1, 0.15) is 0 Å². The highest BCUT2D eigenvalue weighted by molar-refractivity contribution is 5.96. The summed E-state index contributed by atoms with van der Waals surface area (Å²) in [6.45, 7) is 4.14. The van der Waals surface area contributed by atoms with Gasteiger partial charge in [0, 0.05) is 19.3 Å². The molecule has 0 aliphatic rings. The number of carbonyl (C=O) groups excluding carboxylic acids is 1. The number of amides is 1. The molecule has 1 amide bonds. The molecule has 0 fully saturated rings. The lowest BCUT2D eigenvalue weighted by Gasteiger charge is -2.17. The molecule has 1 aromatic heterocycles. The van der Waals surface area contributed by atoms with Crippen LogP contribution in [0.3, 0.4) is 0 Å². The number of hydrogen-bond acceptors (Lipinski definition) is 3. The monoisotopic (exact) mass is 268 g/mol. The van der Waals surface area contributed by atoms with Gasteiger partial charge >= 0.3 is 0 Å². The number of H-pyrrole nitrogens is 1. The van der Waals surface area contributed by atoms with E-state index in [4.69, 9.17) is 5.26 Å². The molecule has 0 aliphatic carbocycles. The summed E-state index contributed by atoms with van der Waals surface area (Å²) in [6, 6.07) is 9.30. The van der Waals surface area contributed by atoms with E-state index in [1.807, 2.05) is 26.0 Å². The molecule has 1 N–H and O–H groups in total. The Hall–Kier alpha value is -2.61. The van der Waals surface area contributed by atoms with Gasteiger partial charge in [-0.15, -0.1) is 0 Å². The lowest BCUT2D eigenvalue weighted by atomic mass is 10.1. The van der Waals surface area contributed by atoms with E-state index in [0.29, 0.717) is 23.4 Å². The first-order valence-electron chi connectivity index (χ1n) is 6.29. The third-order valence-electron chi connectivity index (χ3n) is 3.19. The van der Waals surface area contributed by atoms with E-state index in [9.17, 15) is 4.79 Å². The first-order valence-corrected chi connectivity index (χ1v) is 6.29. The Bertz CT molecular complexity index is 645. The molecular weight excluding hydrogens is 252 g/mol. The van der Waals surface area contributed by atoms with Crippen LogP contribution in [0.1, 0.15) is 32.9 Å². The standard InChI is InChI=1S/C15H16N4O/c1-10-14(11(2)18-17-10)15(20)19(3)9-13-6-4-12(8-16)5-7-13/h4-7H,9H2,1-3H3,(H,17,18). The third-order valence-corrected chi connectivity index (χ3v) is 3.19. The normalized spacial score (nSPS) is 10.1. The van der Waals surface area contributed by atoms with Crippen molar-refractivity contribution in [3.05, 3.63) is 52.3 Å². The van der Waals surface area contributed by atoms with Gasteiger partial charge in [-0.25, -0.2) is 0 Å². The molecule has 5 heteroatoms. The van der Waals surface area contributed by atoms with Crippen molar-refractivity contribution in [3.8, 4) is 6.07 Å². The molecule has 0 atom stereocenters. The average Bonchev–Trinajstić information content (AvgIpc) is 2.78. The fourth-order valence-corrected chi connectivity index (χ4v) is 2.09. The molecule has 20 heavy (non-hydrogen) atoms. The summed E-state index contributed by atoms with van der Waals surface area (Å²) >= 11 is 0. The largest absolute Gasteiger partial charge is 0.337 e. The van der Waals surface area contributed by atoms with Crippen molar-refractivity contribution >= 4 is 5.91 Å². The van der Waals surface area contributed by atoms with E-state index in [0.717, 1.165) is 11.3 Å². The van der Waals surface area contributed by atoms with Gasteiger partial charge in [-0.2, -0.15) is 10.4 Å². The topological polar surface area (TPSA) is 72.8 Å². The number of benzene rings is 1. The van der Waals surface area contributed by atoms with Crippen LogP contribution in [-0.2, 0) is 6.54 Å². The summed E-state index contributed by atoms with van der Waals surface area (Å²) in [5.41, 5.74) is 3.71. The van der Waals surface area contributed by atoms with Gasteiger partial charge in [0.2, 0.25) is 0 Å². The predicted molar refractivity (Wildman–Crippen MR) is 75.0 cm³/mol. The number of nitrogens with one attached hydrogen (secondary N) is 1. The van der Waals surface area contributed by atoms with Gasteiger partial charge in [0.25, 0.3) is 5.91 Å². The maximum Gasteiger partial charge on any atom is 0.257 e. The van der Waals surface area contributed by atoms with Gasteiger partial charge in [-0.1, -0.05) is 12.1 Å². The number of carbonyl (C=O) groups is 1. The van der Waals surface area contributed by atoms with Crippen molar-refractivity contribution in [2.75, 3.05) is 7.05 Å². The first kappa shape index (κ1) is 13.8. The molecule has 2 aromatic rings. The van der Waals surface area contributed by atoms with Crippen LogP contribution in [-0.4, -0.2) is 28.1 Å². The summed E-state index contributed by atoms with van der Waals surface area (Å²) in [5.74, 6) is -0.0573. The van der Waals surface area contributed by atoms with Crippen molar-refractivity contribution < 1.29 is 4.79 Å². The molecule has 0 spiro atoms. The minimum atomic E-state index is -0.0573. The van der Waals surface area contributed by atoms with Crippen molar-refractivity contribution in [2.24, 2.45) is 0 Å². The summed E-state index contributed by atoms with van der Waals surface area (Å²) in [5, 5.41) is 15.6. The van der Waals surface area contributed by atoms with E-state index in [-0.39, 0.29) is 5.91 Å². The van der Waals surface area contributed by atoms with Crippen molar-refractivity contribution in [1.82, 2.24) is 15.1 Å². The minimum absolute atomic E-state index is 0.0573. The van der Waals surface area contributed by atoms with Crippen LogP contribution < -0.4 is 0 Å². The molecule has 0 aliphatic heterocycles. The quantitative estimate of drug-likeness (QED) is 0.927. The fourth-order valence-electron chi connectivity index (χ4n) is 2.09. The van der Waals surface area contributed by atoms with E-state index < -0.39 is 0 Å². The Morgan fingerprint density at radius 2 is 2.00 bits per heavy atom. The number of nitrogens with zero attached hydrogens (tertiary/aromatic N) is 3. The lowest BCUT2D eigenvalue weighted by molar-refractivity contribution is 0.0783. The van der Waals surface area contributed by atoms with E-state index >= 15 is 0 Å². The Morgan fingerprint density at radius 1 is 1.35 bits per heavy atom. The SMILES string of the molecule is Cc1n[nH]c(C)c1C(=O)N(C)Cc1ccc(C#N)cc1. The molecule has 2 rings (SSSR count). The lowest BCUT2D eigenvalue weighted by Crippen LogP contribution is -2.27. The summed E-state index contributed by atoms with van der Waals surface area (Å²) in [7, 11) is 1.76. The molecular formula is C15H16N4O. The molecule has 0 bridgehead atoms. The van der Waals surface area contributed by atoms with Crippen LogP contribution in [0.2, 0.25) is 0 Å². The van der Waals surface area contributed by atoms with Gasteiger partial charge < -0.3 is 4.90 Å². The highest BCUT2D eigenvalue weighted by atomic mass is 16.2. The van der Waals surface area contributed by atoms with Gasteiger partial charge in [-0.3, -0.25) is 9.89 Å². The molecule has 0 saturated heterocycles. The van der Waals surface area contributed by atoms with Crippen molar-refractivity contribution in [2.45, 2.75) is 20.4 Å². The zero-order valence-electron chi connectivity index (χ0n) is 11.8. The van der Waals surface area contributed by atoms with Crippen molar-refractivity contribution in [3.63, 3.8) is 0 Å². The van der Waals surface area contributed by atoms with E-state index in [1.54, 1.807) is 24.1 Å². The van der Waals surface area contributed by atoms with Crippen molar-refractivity contribution in [1.29, 1.82) is 5.26 Å². The maximum atomic E-state index is 12.4. The molecule has 1 heterocycles. The number of aryl methyl sites for hydroxylation is 2. The molecule has 1 aromatic carbocycles. The smallest absolute Gasteiger partial charge is 0.257 e. The third kappa shape index (κ3) is 2.69. The molecule has 5 nitrogen and oxygen atoms in total. The highest BCUT2D eigenvalue weighted by Crippen LogP contribution is 2.14. The van der Waals surface area contributed by atoms with E-state index in [2.05, 4.69) is 16.3 Å². The second-order valence-electron chi connectivity index (χ2n) is 4.78. The Labute approximate surface area is 117 Å². The summed E-state index contributed by atoms with van der Waals surface area (Å²) in [6.07, 6.45) is 0. The Morgan fingerprint density at radius 3 is 2.50 bits per heavy atom. The number of aromatic nitrogens is 2. The van der Waals surface area contributed by atoms with Crippen LogP contribution in [0.4, 0.5) is 0 Å². The number of hydrogen-bond donors (Lipinski definition) is 1. The fraction of sp³-hybridized carbons (Fsp3) is 0.267. The predicted octanol–water partition coefficient (Wildman–Crippen LogP) is 2.17. The average molecular weight is 268 g/mol. The number of rotatable bonds is 3. The minimum Gasteiger partial charge on any atom is -0.337 e. The summed E-state index contributed by atoms with van der Waals surface area (Å²) < 4.78 is 0. The van der Waals surface area contributed by atoms with Crippen LogP contribution in [0, 0.1) is 25.2 Å². The molecule has 102 valence electrons. The zero-order valence-corrected chi connectivity index (χ0v) is 11.8. The summed E-state index contributed by atoms with van der Waals surface area (Å²) in [4.78, 5) is 14.0. The Kier molecular flexibility index (Phi) is 3.85. The zero-order chi connectivity index (χ0) is 14.7. The molecule has 0 unspecified atom stereocenters. The highest BCUT2D eigenvalue weighted by Gasteiger charge is 2.19. The Balaban J connectivity index is 2.13. The second-order valence-corrected chi connectivity index (χ2v) is 4.78. The van der Waals surface area contributed by atoms with Gasteiger partial charge in [-0.05, 0) is 31.5 Å². The van der Waals surface area contributed by atoms with Crippen LogP contribution >= 0.6 is 0 Å². The van der Waals surface area contributed by atoms with E-state index in [1.165, 1.54) is 0 Å². The van der Waals surface area contributed by atoms with Crippen LogP contribution in [0.25, 0.3) is 0 Å². The van der Waals surface area contributed by atoms with Crippen LogP contribution in [0.15, 0.2) is 24.3 Å². The molecule has 0 radical (unpaired) electrons. The number of nitriles is 1. The first-order chi connectivity index (χ1) is 9.52.